The first-order valence-corrected chi connectivity index (χ1v) is 18.8. The quantitative estimate of drug-likeness (QED) is 0.181. The predicted octanol–water partition coefficient (Wildman–Crippen LogP) is 13.8. The smallest absolute Gasteiger partial charge is 0.164 e. The summed E-state index contributed by atoms with van der Waals surface area (Å²) in [6.45, 7) is 0. The molecule has 0 aliphatic carbocycles. The average Bonchev–Trinajstić information content (AvgIpc) is 3.84. The Morgan fingerprint density at radius 2 is 0.821 bits per heavy atom. The minimum absolute atomic E-state index is 0.599. The van der Waals surface area contributed by atoms with Crippen LogP contribution in [0.1, 0.15) is 0 Å². The van der Waals surface area contributed by atoms with Gasteiger partial charge in [0.05, 0.1) is 0 Å². The van der Waals surface area contributed by atoms with Crippen LogP contribution in [-0.4, -0.2) is 15.0 Å². The monoisotopic (exact) mass is 715 g/mol. The number of nitrogens with zero attached hydrogens (tertiary/aromatic N) is 3. The van der Waals surface area contributed by atoms with Crippen molar-refractivity contribution in [3.63, 3.8) is 0 Å². The first-order chi connectivity index (χ1) is 27.7. The Kier molecular flexibility index (Phi) is 6.56. The highest BCUT2D eigenvalue weighted by Crippen LogP contribution is 2.42. The molecular weight excluding hydrogens is 687 g/mol. The van der Waals surface area contributed by atoms with Crippen LogP contribution < -0.4 is 0 Å². The van der Waals surface area contributed by atoms with Crippen molar-refractivity contribution in [3.8, 4) is 45.3 Å². The van der Waals surface area contributed by atoms with Crippen molar-refractivity contribution in [3.05, 3.63) is 176 Å². The van der Waals surface area contributed by atoms with E-state index in [1.165, 1.54) is 0 Å². The molecule has 56 heavy (non-hydrogen) atoms. The molecule has 260 valence electrons. The maximum absolute atomic E-state index is 6.34. The minimum atomic E-state index is 0.599. The predicted molar refractivity (Wildman–Crippen MR) is 229 cm³/mol. The highest BCUT2D eigenvalue weighted by molar-refractivity contribution is 6.19. The lowest BCUT2D eigenvalue weighted by Gasteiger charge is -2.13. The number of fused-ring (bicyclic) bond motifs is 10. The lowest BCUT2D eigenvalue weighted by molar-refractivity contribution is 0.668. The maximum Gasteiger partial charge on any atom is 0.164 e. The van der Waals surface area contributed by atoms with Crippen LogP contribution in [0.3, 0.4) is 0 Å². The minimum Gasteiger partial charge on any atom is -0.456 e. The second-order valence-corrected chi connectivity index (χ2v) is 14.4. The first kappa shape index (κ1) is 30.8. The molecule has 0 saturated carbocycles. The van der Waals surface area contributed by atoms with Crippen LogP contribution in [0.4, 0.5) is 0 Å². The van der Waals surface area contributed by atoms with E-state index in [4.69, 9.17) is 23.8 Å². The number of furan rings is 2. The first-order valence-electron chi connectivity index (χ1n) is 18.8. The van der Waals surface area contributed by atoms with Crippen molar-refractivity contribution < 1.29 is 8.83 Å². The molecule has 0 unspecified atom stereocenters. The summed E-state index contributed by atoms with van der Waals surface area (Å²) in [4.78, 5) is 15.7. The second-order valence-electron chi connectivity index (χ2n) is 14.4. The SMILES string of the molecule is c1ccc2cc(-c3nc(-c4cc(-c5cccc6oc7ccccc7c56)c5ccccc5c4)nc(-c4ccc5ccc6oc7ccccc7c6c5c4)n3)ccc2c1. The highest BCUT2D eigenvalue weighted by atomic mass is 16.3. The average molecular weight is 716 g/mol. The third-order valence-electron chi connectivity index (χ3n) is 11.1. The molecule has 3 heterocycles. The number of hydrogen-bond acceptors (Lipinski definition) is 5. The molecular formula is C51H29N3O2. The van der Waals surface area contributed by atoms with Gasteiger partial charge in [0.1, 0.15) is 22.3 Å². The molecule has 12 aromatic rings. The Labute approximate surface area is 320 Å². The summed E-state index contributed by atoms with van der Waals surface area (Å²) in [7, 11) is 0. The Morgan fingerprint density at radius 3 is 1.59 bits per heavy atom. The number of benzene rings is 9. The third kappa shape index (κ3) is 4.78. The van der Waals surface area contributed by atoms with E-state index in [1.54, 1.807) is 0 Å². The fourth-order valence-corrected chi connectivity index (χ4v) is 8.44. The lowest BCUT2D eigenvalue weighted by Crippen LogP contribution is -2.00. The van der Waals surface area contributed by atoms with E-state index < -0.39 is 0 Å². The van der Waals surface area contributed by atoms with Gasteiger partial charge in [-0.25, -0.2) is 15.0 Å². The summed E-state index contributed by atoms with van der Waals surface area (Å²) in [5.74, 6) is 1.81. The van der Waals surface area contributed by atoms with Gasteiger partial charge >= 0.3 is 0 Å². The van der Waals surface area contributed by atoms with Crippen molar-refractivity contribution in [2.45, 2.75) is 0 Å². The standard InChI is InChI=1S/C51H29N3O2/c1-2-11-32-26-34(22-20-30(32)10-1)49-52-50(35-23-21-31-24-25-46-48(41(31)28-35)40-15-6-8-18-44(40)56-46)54-51(53-49)36-27-33-12-3-4-13-37(33)42(29-36)38-16-9-19-45-47(38)39-14-5-7-17-43(39)55-45/h1-29H. The van der Waals surface area contributed by atoms with Gasteiger partial charge in [0.15, 0.2) is 17.5 Å². The highest BCUT2D eigenvalue weighted by Gasteiger charge is 2.19. The zero-order valence-electron chi connectivity index (χ0n) is 29.9. The number of aromatic nitrogens is 3. The topological polar surface area (TPSA) is 65.0 Å². The van der Waals surface area contributed by atoms with Crippen molar-refractivity contribution in [1.29, 1.82) is 0 Å². The molecule has 3 aromatic heterocycles. The zero-order chi connectivity index (χ0) is 36.7. The Morgan fingerprint density at radius 1 is 0.286 bits per heavy atom. The van der Waals surface area contributed by atoms with Gasteiger partial charge in [-0.05, 0) is 92.0 Å². The van der Waals surface area contributed by atoms with Crippen LogP contribution in [0.5, 0.6) is 0 Å². The summed E-state index contributed by atoms with van der Waals surface area (Å²) in [6, 6.07) is 61.1. The summed E-state index contributed by atoms with van der Waals surface area (Å²) >= 11 is 0. The lowest BCUT2D eigenvalue weighted by atomic mass is 9.92. The van der Waals surface area contributed by atoms with Crippen LogP contribution in [0.15, 0.2) is 185 Å². The Balaban J connectivity index is 1.12. The van der Waals surface area contributed by atoms with Crippen LogP contribution in [-0.2, 0) is 0 Å². The van der Waals surface area contributed by atoms with Crippen molar-refractivity contribution in [1.82, 2.24) is 15.0 Å². The van der Waals surface area contributed by atoms with Gasteiger partial charge < -0.3 is 8.83 Å². The van der Waals surface area contributed by atoms with Crippen molar-refractivity contribution in [2.24, 2.45) is 0 Å². The summed E-state index contributed by atoms with van der Waals surface area (Å²) < 4.78 is 12.6. The second kappa shape index (κ2) is 11.9. The molecule has 0 atom stereocenters. The van der Waals surface area contributed by atoms with Crippen LogP contribution in [0.2, 0.25) is 0 Å². The fourth-order valence-electron chi connectivity index (χ4n) is 8.44. The molecule has 9 aromatic carbocycles. The number of para-hydroxylation sites is 2. The Bertz CT molecular complexity index is 3560. The van der Waals surface area contributed by atoms with Gasteiger partial charge in [-0.1, -0.05) is 127 Å². The van der Waals surface area contributed by atoms with E-state index >= 15 is 0 Å². The summed E-state index contributed by atoms with van der Waals surface area (Å²) in [6.07, 6.45) is 0. The van der Waals surface area contributed by atoms with Gasteiger partial charge in [0.2, 0.25) is 0 Å². The molecule has 0 amide bonds. The largest absolute Gasteiger partial charge is 0.456 e. The van der Waals surface area contributed by atoms with E-state index in [-0.39, 0.29) is 0 Å². The van der Waals surface area contributed by atoms with Crippen LogP contribution >= 0.6 is 0 Å². The molecule has 0 spiro atoms. The van der Waals surface area contributed by atoms with Gasteiger partial charge in [0, 0.05) is 38.2 Å². The van der Waals surface area contributed by atoms with E-state index in [9.17, 15) is 0 Å². The van der Waals surface area contributed by atoms with E-state index in [0.717, 1.165) is 104 Å². The van der Waals surface area contributed by atoms with E-state index in [2.05, 4.69) is 146 Å². The van der Waals surface area contributed by atoms with E-state index in [0.29, 0.717) is 17.5 Å². The molecule has 0 bridgehead atoms. The zero-order valence-corrected chi connectivity index (χ0v) is 29.9. The molecule has 0 aliphatic heterocycles. The van der Waals surface area contributed by atoms with Gasteiger partial charge in [0.25, 0.3) is 0 Å². The van der Waals surface area contributed by atoms with Gasteiger partial charge in [-0.3, -0.25) is 0 Å². The molecule has 0 aliphatic rings. The van der Waals surface area contributed by atoms with Crippen molar-refractivity contribution >= 4 is 76.2 Å². The molecule has 5 heteroatoms. The van der Waals surface area contributed by atoms with Crippen molar-refractivity contribution in [2.75, 3.05) is 0 Å². The Hall–Kier alpha value is -7.63. The molecule has 0 radical (unpaired) electrons. The summed E-state index contributed by atoms with van der Waals surface area (Å²) in [5, 5.41) is 11.1. The van der Waals surface area contributed by atoms with Crippen LogP contribution in [0.25, 0.3) is 121 Å². The molecule has 0 N–H and O–H groups in total. The molecule has 12 rings (SSSR count). The maximum atomic E-state index is 6.34. The van der Waals surface area contributed by atoms with E-state index in [1.807, 2.05) is 30.3 Å². The molecule has 5 nitrogen and oxygen atoms in total. The molecule has 0 fully saturated rings. The van der Waals surface area contributed by atoms with Gasteiger partial charge in [-0.2, -0.15) is 0 Å². The fraction of sp³-hybridized carbons (Fsp3) is 0. The normalized spacial score (nSPS) is 11.9. The number of hydrogen-bond donors (Lipinski definition) is 0. The van der Waals surface area contributed by atoms with Gasteiger partial charge in [-0.15, -0.1) is 0 Å². The third-order valence-corrected chi connectivity index (χ3v) is 11.1. The van der Waals surface area contributed by atoms with Crippen LogP contribution in [0, 0.1) is 0 Å². The molecule has 0 saturated heterocycles. The number of rotatable bonds is 4. The summed E-state index contributed by atoms with van der Waals surface area (Å²) in [5.41, 5.74) is 8.36.